The van der Waals surface area contributed by atoms with Gasteiger partial charge in [-0.2, -0.15) is 0 Å². The zero-order valence-electron chi connectivity index (χ0n) is 19.6. The number of hydrogen-bond acceptors (Lipinski definition) is 8. The molecule has 0 spiro atoms. The van der Waals surface area contributed by atoms with Gasteiger partial charge in [-0.1, -0.05) is 12.1 Å². The number of benzene rings is 1. The molecule has 0 radical (unpaired) electrons. The minimum Gasteiger partial charge on any atom is -0.378 e. The van der Waals surface area contributed by atoms with E-state index in [1.165, 1.54) is 6.92 Å². The van der Waals surface area contributed by atoms with E-state index in [0.29, 0.717) is 36.1 Å². The minimum atomic E-state index is -0.568. The van der Waals surface area contributed by atoms with Crippen LogP contribution in [-0.4, -0.2) is 52.1 Å². The molecule has 9 nitrogen and oxygen atoms in total. The molecule has 1 saturated heterocycles. The topological polar surface area (TPSA) is 105 Å². The Labute approximate surface area is 207 Å². The number of carbonyl (C=O) groups excluding carboxylic acids is 1. The van der Waals surface area contributed by atoms with Crippen LogP contribution in [-0.2, 0) is 9.53 Å². The van der Waals surface area contributed by atoms with Gasteiger partial charge in [0.25, 0.3) is 5.91 Å². The summed E-state index contributed by atoms with van der Waals surface area (Å²) in [6.07, 6.45) is 6.06. The summed E-state index contributed by atoms with van der Waals surface area (Å²) < 4.78 is 18.4. The number of ether oxygens (including phenoxy) is 1. The van der Waals surface area contributed by atoms with Crippen molar-refractivity contribution in [2.24, 2.45) is 0 Å². The van der Waals surface area contributed by atoms with Crippen LogP contribution in [0.2, 0.25) is 0 Å². The number of morpholine rings is 1. The summed E-state index contributed by atoms with van der Waals surface area (Å²) in [6.45, 7) is 4.26. The van der Waals surface area contributed by atoms with Crippen LogP contribution in [0.4, 0.5) is 27.5 Å². The molecule has 5 rings (SSSR count). The Morgan fingerprint density at radius 2 is 1.92 bits per heavy atom. The van der Waals surface area contributed by atoms with E-state index in [9.17, 15) is 9.18 Å². The number of fused-ring (bicyclic) bond motifs is 1. The fourth-order valence-electron chi connectivity index (χ4n) is 3.90. The van der Waals surface area contributed by atoms with Crippen LogP contribution in [0.25, 0.3) is 22.2 Å². The molecule has 182 valence electrons. The van der Waals surface area contributed by atoms with Gasteiger partial charge < -0.3 is 20.3 Å². The number of pyridine rings is 2. The molecule has 1 aliphatic rings. The third kappa shape index (κ3) is 5.44. The van der Waals surface area contributed by atoms with Gasteiger partial charge in [-0.3, -0.25) is 9.78 Å². The summed E-state index contributed by atoms with van der Waals surface area (Å²) in [7, 11) is 0. The van der Waals surface area contributed by atoms with Crippen molar-refractivity contribution >= 4 is 40.0 Å². The van der Waals surface area contributed by atoms with Crippen LogP contribution < -0.4 is 15.5 Å². The first-order valence-corrected chi connectivity index (χ1v) is 11.5. The van der Waals surface area contributed by atoms with E-state index in [4.69, 9.17) is 9.72 Å². The third-order valence-electron chi connectivity index (χ3n) is 5.57. The Bertz CT molecular complexity index is 1420. The van der Waals surface area contributed by atoms with Gasteiger partial charge >= 0.3 is 0 Å². The molecular formula is C26H24FN7O2. The van der Waals surface area contributed by atoms with E-state index in [1.54, 1.807) is 36.8 Å². The van der Waals surface area contributed by atoms with Crippen LogP contribution in [0.1, 0.15) is 6.92 Å². The summed E-state index contributed by atoms with van der Waals surface area (Å²) in [5, 5.41) is 6.68. The number of nitrogens with zero attached hydrogens (tertiary/aromatic N) is 5. The van der Waals surface area contributed by atoms with Gasteiger partial charge in [0.2, 0.25) is 5.95 Å². The van der Waals surface area contributed by atoms with Crippen molar-refractivity contribution in [3.05, 3.63) is 73.0 Å². The third-order valence-corrected chi connectivity index (χ3v) is 5.57. The fourth-order valence-corrected chi connectivity index (χ4v) is 3.90. The summed E-state index contributed by atoms with van der Waals surface area (Å²) in [5.41, 5.74) is 3.31. The summed E-state index contributed by atoms with van der Waals surface area (Å²) in [4.78, 5) is 32.3. The number of rotatable bonds is 6. The Morgan fingerprint density at radius 1 is 1.06 bits per heavy atom. The van der Waals surface area contributed by atoms with E-state index in [2.05, 4.69) is 30.5 Å². The zero-order valence-corrected chi connectivity index (χ0v) is 19.6. The van der Waals surface area contributed by atoms with Crippen LogP contribution in [0.15, 0.2) is 73.0 Å². The molecule has 0 bridgehead atoms. The maximum absolute atomic E-state index is 13.0. The number of halogens is 1. The molecule has 1 aromatic carbocycles. The van der Waals surface area contributed by atoms with Crippen molar-refractivity contribution in [1.82, 2.24) is 19.9 Å². The van der Waals surface area contributed by atoms with E-state index < -0.39 is 11.7 Å². The Kier molecular flexibility index (Phi) is 6.76. The highest BCUT2D eigenvalue weighted by Gasteiger charge is 2.13. The highest BCUT2D eigenvalue weighted by atomic mass is 19.1. The largest absolute Gasteiger partial charge is 0.378 e. The lowest BCUT2D eigenvalue weighted by molar-refractivity contribution is -0.112. The van der Waals surface area contributed by atoms with Crippen molar-refractivity contribution in [3.8, 4) is 11.3 Å². The molecule has 1 fully saturated rings. The quantitative estimate of drug-likeness (QED) is 0.385. The average molecular weight is 486 g/mol. The molecule has 0 atom stereocenters. The highest BCUT2D eigenvalue weighted by Crippen LogP contribution is 2.28. The first kappa shape index (κ1) is 23.3. The van der Waals surface area contributed by atoms with Crippen molar-refractivity contribution < 1.29 is 13.9 Å². The monoisotopic (exact) mass is 485 g/mol. The van der Waals surface area contributed by atoms with Crippen molar-refractivity contribution in [1.29, 1.82) is 0 Å². The SMILES string of the molecule is C/C(F)=C/C(=O)Nc1cccc(-c2nccc3cnc(Nc4ccc(N5CCOCC5)nc4)nc23)c1. The van der Waals surface area contributed by atoms with Crippen molar-refractivity contribution in [3.63, 3.8) is 0 Å². The summed E-state index contributed by atoms with van der Waals surface area (Å²) >= 11 is 0. The second-order valence-corrected chi connectivity index (χ2v) is 8.22. The predicted molar refractivity (Wildman–Crippen MR) is 137 cm³/mol. The second-order valence-electron chi connectivity index (χ2n) is 8.22. The standard InChI is InChI=1S/C26H24FN7O2/c1-17(27)13-23(35)31-20-4-2-3-18(14-20)24-25-19(7-8-28-24)15-30-26(33-25)32-21-5-6-22(29-16-21)34-9-11-36-12-10-34/h2-8,13-16H,9-12H2,1H3,(H,31,35)(H,30,32,33)/b17-13-. The number of anilines is 4. The molecule has 36 heavy (non-hydrogen) atoms. The maximum atomic E-state index is 13.0. The van der Waals surface area contributed by atoms with E-state index in [1.807, 2.05) is 24.3 Å². The molecule has 3 aromatic heterocycles. The number of hydrogen-bond donors (Lipinski definition) is 2. The molecule has 10 heteroatoms. The molecule has 0 saturated carbocycles. The first-order chi connectivity index (χ1) is 17.5. The summed E-state index contributed by atoms with van der Waals surface area (Å²) in [5.74, 6) is 0.201. The number of aromatic nitrogens is 4. The first-order valence-electron chi connectivity index (χ1n) is 11.5. The highest BCUT2D eigenvalue weighted by molar-refractivity contribution is 6.00. The molecule has 1 aliphatic heterocycles. The van der Waals surface area contributed by atoms with Gasteiger partial charge in [-0.15, -0.1) is 0 Å². The molecule has 1 amide bonds. The predicted octanol–water partition coefficient (Wildman–Crippen LogP) is 4.48. The molecule has 0 aliphatic carbocycles. The normalized spacial score (nSPS) is 14.1. The van der Waals surface area contributed by atoms with Crippen molar-refractivity contribution in [2.75, 3.05) is 41.8 Å². The van der Waals surface area contributed by atoms with Gasteiger partial charge in [-0.05, 0) is 37.3 Å². The Morgan fingerprint density at radius 3 is 2.69 bits per heavy atom. The van der Waals surface area contributed by atoms with Gasteiger partial charge in [-0.25, -0.2) is 19.3 Å². The zero-order chi connectivity index (χ0) is 24.9. The minimum absolute atomic E-state index is 0.408. The lowest BCUT2D eigenvalue weighted by Crippen LogP contribution is -2.36. The van der Waals surface area contributed by atoms with E-state index in [-0.39, 0.29) is 0 Å². The Hall–Kier alpha value is -4.44. The van der Waals surface area contributed by atoms with Crippen LogP contribution in [0, 0.1) is 0 Å². The molecule has 0 unspecified atom stereocenters. The number of nitrogens with one attached hydrogen (secondary N) is 2. The van der Waals surface area contributed by atoms with Crippen LogP contribution >= 0.6 is 0 Å². The van der Waals surface area contributed by atoms with Gasteiger partial charge in [0, 0.05) is 48.2 Å². The molecule has 4 aromatic rings. The maximum Gasteiger partial charge on any atom is 0.250 e. The second kappa shape index (κ2) is 10.4. The number of carbonyl (C=O) groups is 1. The van der Waals surface area contributed by atoms with Crippen LogP contribution in [0.5, 0.6) is 0 Å². The Balaban J connectivity index is 1.39. The van der Waals surface area contributed by atoms with E-state index in [0.717, 1.165) is 41.6 Å². The van der Waals surface area contributed by atoms with E-state index >= 15 is 0 Å². The number of amides is 1. The molecule has 4 heterocycles. The average Bonchev–Trinajstić information content (AvgIpc) is 2.89. The van der Waals surface area contributed by atoms with Gasteiger partial charge in [0.15, 0.2) is 0 Å². The summed E-state index contributed by atoms with van der Waals surface area (Å²) in [6, 6.07) is 12.9. The molecule has 2 N–H and O–H groups in total. The lowest BCUT2D eigenvalue weighted by atomic mass is 10.1. The number of allylic oxidation sites excluding steroid dienone is 1. The van der Waals surface area contributed by atoms with Crippen LogP contribution in [0.3, 0.4) is 0 Å². The van der Waals surface area contributed by atoms with Crippen molar-refractivity contribution in [2.45, 2.75) is 6.92 Å². The van der Waals surface area contributed by atoms with Gasteiger partial charge in [0.05, 0.1) is 30.8 Å². The fraction of sp³-hybridized carbons (Fsp3) is 0.192. The van der Waals surface area contributed by atoms with Gasteiger partial charge in [0.1, 0.15) is 17.2 Å². The molecular weight excluding hydrogens is 461 g/mol. The smallest absolute Gasteiger partial charge is 0.250 e. The lowest BCUT2D eigenvalue weighted by Gasteiger charge is -2.27.